The van der Waals surface area contributed by atoms with E-state index in [1.54, 1.807) is 0 Å². The van der Waals surface area contributed by atoms with Gasteiger partial charge in [-0.25, -0.2) is 4.68 Å². The Bertz CT molecular complexity index is 1430. The second kappa shape index (κ2) is 11.3. The van der Waals surface area contributed by atoms with Gasteiger partial charge in [-0.05, 0) is 41.1 Å². The van der Waals surface area contributed by atoms with Crippen molar-refractivity contribution in [3.05, 3.63) is 75.8 Å². The van der Waals surface area contributed by atoms with E-state index in [9.17, 15) is 4.79 Å². The van der Waals surface area contributed by atoms with Crippen molar-refractivity contribution in [2.24, 2.45) is 0 Å². The molecule has 2 aromatic carbocycles. The summed E-state index contributed by atoms with van der Waals surface area (Å²) in [6.45, 7) is 7.03. The fourth-order valence-corrected chi connectivity index (χ4v) is 4.97. The van der Waals surface area contributed by atoms with Gasteiger partial charge in [-0.15, -0.1) is 5.10 Å². The van der Waals surface area contributed by atoms with Crippen LogP contribution in [0.1, 0.15) is 23.4 Å². The normalized spacial score (nSPS) is 15.5. The number of ether oxygens (including phenoxy) is 3. The summed E-state index contributed by atoms with van der Waals surface area (Å²) in [6.07, 6.45) is 0.963. The van der Waals surface area contributed by atoms with Crippen LogP contribution in [0.4, 0.5) is 0 Å². The molecule has 0 unspecified atom stereocenters. The van der Waals surface area contributed by atoms with E-state index >= 15 is 0 Å². The van der Waals surface area contributed by atoms with Gasteiger partial charge >= 0.3 is 0 Å². The summed E-state index contributed by atoms with van der Waals surface area (Å²) in [5, 5.41) is 13.4. The number of nitrogens with zero attached hydrogens (tertiary/aromatic N) is 6. The number of tetrazole rings is 1. The Labute approximate surface area is 219 Å². The number of hydrogen-bond acceptors (Lipinski definition) is 9. The molecule has 38 heavy (non-hydrogen) atoms. The Morgan fingerprint density at radius 1 is 1.00 bits per heavy atom. The zero-order valence-electron chi connectivity index (χ0n) is 21.2. The van der Waals surface area contributed by atoms with Gasteiger partial charge in [-0.1, -0.05) is 30.3 Å². The minimum absolute atomic E-state index is 0.113. The van der Waals surface area contributed by atoms with Crippen molar-refractivity contribution in [1.29, 1.82) is 0 Å². The number of hydrogen-bond donors (Lipinski definition) is 1. The molecule has 2 aromatic heterocycles. The van der Waals surface area contributed by atoms with Crippen LogP contribution in [0, 0.1) is 0 Å². The van der Waals surface area contributed by atoms with Gasteiger partial charge in [0.05, 0.1) is 31.8 Å². The molecule has 4 heterocycles. The van der Waals surface area contributed by atoms with Crippen LogP contribution in [0.15, 0.2) is 53.3 Å². The van der Waals surface area contributed by atoms with Crippen LogP contribution in [-0.4, -0.2) is 81.2 Å². The molecule has 11 nitrogen and oxygen atoms in total. The molecule has 0 amide bonds. The molecule has 198 valence electrons. The molecule has 11 heteroatoms. The zero-order chi connectivity index (χ0) is 25.7. The number of H-pyrrole nitrogens is 1. The minimum Gasteiger partial charge on any atom is -0.454 e. The number of morpholine rings is 1. The highest BCUT2D eigenvalue weighted by Gasteiger charge is 2.19. The molecule has 1 N–H and O–H groups in total. The molecule has 0 aliphatic carbocycles. The quantitative estimate of drug-likeness (QED) is 0.338. The van der Waals surface area contributed by atoms with Gasteiger partial charge in [0, 0.05) is 43.2 Å². The largest absolute Gasteiger partial charge is 0.454 e. The maximum absolute atomic E-state index is 13.1. The lowest BCUT2D eigenvalue weighted by atomic mass is 10.1. The van der Waals surface area contributed by atoms with E-state index in [0.29, 0.717) is 36.7 Å². The van der Waals surface area contributed by atoms with Crippen LogP contribution >= 0.6 is 0 Å². The summed E-state index contributed by atoms with van der Waals surface area (Å²) < 4.78 is 18.3. The zero-order valence-corrected chi connectivity index (χ0v) is 21.2. The Morgan fingerprint density at radius 2 is 1.82 bits per heavy atom. The molecule has 2 aliphatic rings. The lowest BCUT2D eigenvalue weighted by Gasteiger charge is -2.28. The third-order valence-electron chi connectivity index (χ3n) is 7.01. The first-order valence-electron chi connectivity index (χ1n) is 13.0. The third-order valence-corrected chi connectivity index (χ3v) is 7.01. The number of fused-ring (bicyclic) bond motifs is 2. The molecule has 0 spiro atoms. The Morgan fingerprint density at radius 3 is 2.66 bits per heavy atom. The van der Waals surface area contributed by atoms with Crippen molar-refractivity contribution in [2.45, 2.75) is 26.1 Å². The number of nitrogens with one attached hydrogen (secondary N) is 1. The van der Waals surface area contributed by atoms with Crippen molar-refractivity contribution >= 4 is 10.9 Å². The van der Waals surface area contributed by atoms with Crippen molar-refractivity contribution < 1.29 is 14.2 Å². The molecule has 0 radical (unpaired) electrons. The number of aromatic amines is 1. The molecule has 4 aromatic rings. The summed E-state index contributed by atoms with van der Waals surface area (Å²) in [7, 11) is 0. The number of pyridine rings is 1. The van der Waals surface area contributed by atoms with Crippen LogP contribution in [0.5, 0.6) is 11.5 Å². The van der Waals surface area contributed by atoms with E-state index in [2.05, 4.69) is 42.4 Å². The molecular weight excluding hydrogens is 486 g/mol. The van der Waals surface area contributed by atoms with Gasteiger partial charge in [0.2, 0.25) is 6.79 Å². The maximum atomic E-state index is 13.1. The highest BCUT2D eigenvalue weighted by atomic mass is 16.7. The molecular formula is C27H31N7O4. The molecule has 0 atom stereocenters. The predicted molar refractivity (Wildman–Crippen MR) is 140 cm³/mol. The molecule has 6 rings (SSSR count). The molecule has 0 bridgehead atoms. The Hall–Kier alpha value is -3.80. The van der Waals surface area contributed by atoms with Crippen LogP contribution in [0.3, 0.4) is 0 Å². The summed E-state index contributed by atoms with van der Waals surface area (Å²) >= 11 is 0. The lowest BCUT2D eigenvalue weighted by molar-refractivity contribution is 0.0358. The van der Waals surface area contributed by atoms with E-state index in [4.69, 9.17) is 14.2 Å². The van der Waals surface area contributed by atoms with E-state index in [-0.39, 0.29) is 12.4 Å². The Kier molecular flexibility index (Phi) is 7.29. The summed E-state index contributed by atoms with van der Waals surface area (Å²) in [4.78, 5) is 20.8. The van der Waals surface area contributed by atoms with Crippen LogP contribution in [-0.2, 0) is 24.4 Å². The third kappa shape index (κ3) is 5.69. The predicted octanol–water partition coefficient (Wildman–Crippen LogP) is 2.02. The molecule has 1 fully saturated rings. The highest BCUT2D eigenvalue weighted by Crippen LogP contribution is 2.35. The maximum Gasteiger partial charge on any atom is 0.252 e. The van der Waals surface area contributed by atoms with Crippen molar-refractivity contribution in [3.63, 3.8) is 0 Å². The first-order valence-corrected chi connectivity index (χ1v) is 13.0. The summed E-state index contributed by atoms with van der Waals surface area (Å²) in [5.41, 5.74) is 2.43. The fourth-order valence-electron chi connectivity index (χ4n) is 4.97. The van der Waals surface area contributed by atoms with E-state index in [0.717, 1.165) is 68.1 Å². The van der Waals surface area contributed by atoms with Crippen molar-refractivity contribution in [3.8, 4) is 11.5 Å². The minimum atomic E-state index is -0.113. The molecule has 1 saturated heterocycles. The lowest BCUT2D eigenvalue weighted by Crippen LogP contribution is -2.38. The number of benzene rings is 2. The molecule has 2 aliphatic heterocycles. The first-order chi connectivity index (χ1) is 18.7. The van der Waals surface area contributed by atoms with E-state index in [1.165, 1.54) is 0 Å². The van der Waals surface area contributed by atoms with Crippen molar-refractivity contribution in [2.75, 3.05) is 46.2 Å². The monoisotopic (exact) mass is 517 g/mol. The van der Waals surface area contributed by atoms with Crippen LogP contribution < -0.4 is 15.0 Å². The average Bonchev–Trinajstić information content (AvgIpc) is 3.58. The van der Waals surface area contributed by atoms with Gasteiger partial charge in [0.15, 0.2) is 17.3 Å². The van der Waals surface area contributed by atoms with Gasteiger partial charge in [0.1, 0.15) is 0 Å². The van der Waals surface area contributed by atoms with Crippen LogP contribution in [0.25, 0.3) is 10.9 Å². The van der Waals surface area contributed by atoms with Gasteiger partial charge in [0.25, 0.3) is 5.56 Å². The van der Waals surface area contributed by atoms with Gasteiger partial charge in [-0.3, -0.25) is 14.6 Å². The van der Waals surface area contributed by atoms with Crippen LogP contribution in [0.2, 0.25) is 0 Å². The van der Waals surface area contributed by atoms with E-state index in [1.807, 2.05) is 41.1 Å². The SMILES string of the molecule is O=c1[nH]c2cc3c(cc2cc1CN(CCCN1CCOCC1)Cc1nnnn1Cc1ccccc1)OCO3. The summed E-state index contributed by atoms with van der Waals surface area (Å²) in [6, 6.07) is 15.8. The number of rotatable bonds is 10. The Balaban J connectivity index is 1.22. The average molecular weight is 518 g/mol. The first kappa shape index (κ1) is 24.5. The topological polar surface area (TPSA) is 111 Å². The highest BCUT2D eigenvalue weighted by molar-refractivity contribution is 5.83. The smallest absolute Gasteiger partial charge is 0.252 e. The van der Waals surface area contributed by atoms with Gasteiger partial charge in [-0.2, -0.15) is 0 Å². The van der Waals surface area contributed by atoms with E-state index < -0.39 is 0 Å². The summed E-state index contributed by atoms with van der Waals surface area (Å²) in [5.74, 6) is 2.11. The number of aromatic nitrogens is 5. The second-order valence-electron chi connectivity index (χ2n) is 9.67. The standard InChI is InChI=1S/C27H31N7O4/c35-27-22(13-21-14-24-25(38-19-37-24)15-23(21)28-27)17-33(8-4-7-32-9-11-36-12-10-32)18-26-29-30-31-34(26)16-20-5-2-1-3-6-20/h1-3,5-6,13-15H,4,7-12,16-19H2,(H,28,35). The molecule has 0 saturated carbocycles. The second-order valence-corrected chi connectivity index (χ2v) is 9.67. The van der Waals surface area contributed by atoms with Crippen molar-refractivity contribution in [1.82, 2.24) is 35.0 Å². The fraction of sp³-hybridized carbons (Fsp3) is 0.407. The van der Waals surface area contributed by atoms with Gasteiger partial charge < -0.3 is 19.2 Å².